The smallest absolute Gasteiger partial charge is 0.319 e. The van der Waals surface area contributed by atoms with Crippen molar-refractivity contribution >= 4 is 40.9 Å². The molecule has 146 valence electrons. The van der Waals surface area contributed by atoms with Gasteiger partial charge in [-0.1, -0.05) is 38.3 Å². The molecule has 1 unspecified atom stereocenters. The number of ether oxygens (including phenoxy) is 1. The van der Waals surface area contributed by atoms with Gasteiger partial charge in [0.1, 0.15) is 11.1 Å². The minimum atomic E-state index is -0.596. The molecule has 0 saturated heterocycles. The van der Waals surface area contributed by atoms with Crippen molar-refractivity contribution in [3.8, 4) is 0 Å². The van der Waals surface area contributed by atoms with Crippen LogP contribution in [0.4, 0.5) is 10.1 Å². The van der Waals surface area contributed by atoms with Crippen LogP contribution in [0, 0.1) is 5.82 Å². The highest BCUT2D eigenvalue weighted by molar-refractivity contribution is 8.00. The molecule has 0 spiro atoms. The van der Waals surface area contributed by atoms with E-state index in [1.165, 1.54) is 17.8 Å². The fourth-order valence-electron chi connectivity index (χ4n) is 2.22. The summed E-state index contributed by atoms with van der Waals surface area (Å²) >= 11 is 7.34. The summed E-state index contributed by atoms with van der Waals surface area (Å²) in [6.45, 7) is 7.49. The number of hydrogen-bond donors (Lipinski definition) is 1. The zero-order valence-electron chi connectivity index (χ0n) is 15.7. The van der Waals surface area contributed by atoms with Gasteiger partial charge in [0.05, 0.1) is 16.8 Å². The lowest BCUT2D eigenvalue weighted by Crippen LogP contribution is -2.22. The maximum absolute atomic E-state index is 14.1. The fourth-order valence-corrected chi connectivity index (χ4v) is 3.49. The quantitative estimate of drug-likeness (QED) is 0.304. The van der Waals surface area contributed by atoms with Crippen LogP contribution in [-0.2, 0) is 14.3 Å². The predicted molar refractivity (Wildman–Crippen MR) is 105 cm³/mol. The number of carbonyl (C=O) groups excluding carboxylic acids is 2. The lowest BCUT2D eigenvalue weighted by Gasteiger charge is -2.17. The van der Waals surface area contributed by atoms with Crippen LogP contribution in [0.2, 0.25) is 5.02 Å². The Balaban J connectivity index is 2.88. The topological polar surface area (TPSA) is 55.4 Å². The second-order valence-electron chi connectivity index (χ2n) is 6.27. The Labute approximate surface area is 164 Å². The van der Waals surface area contributed by atoms with E-state index in [1.807, 2.05) is 6.92 Å². The van der Waals surface area contributed by atoms with Gasteiger partial charge in [0.2, 0.25) is 5.91 Å². The molecular weight excluding hydrogens is 377 g/mol. The second-order valence-corrected chi connectivity index (χ2v) is 7.92. The van der Waals surface area contributed by atoms with E-state index in [-0.39, 0.29) is 28.7 Å². The molecule has 26 heavy (non-hydrogen) atoms. The standard InChI is InChI=1S/C19H27ClFNO3S/c1-5-7-8-9-18(23)22-15-11-17(13(20)10-14(15)21)26-16(6-2)19(24)25-12(3)4/h10-12,16H,5-9H2,1-4H3,(H,22,23). The average molecular weight is 404 g/mol. The number of halogens is 2. The van der Waals surface area contributed by atoms with Crippen LogP contribution in [-0.4, -0.2) is 23.2 Å². The summed E-state index contributed by atoms with van der Waals surface area (Å²) in [5.41, 5.74) is 0.0745. The minimum absolute atomic E-state index is 0.0745. The molecule has 1 aromatic carbocycles. The third-order valence-electron chi connectivity index (χ3n) is 3.56. The van der Waals surface area contributed by atoms with Gasteiger partial charge in [-0.15, -0.1) is 11.8 Å². The van der Waals surface area contributed by atoms with Gasteiger partial charge in [0, 0.05) is 11.3 Å². The Hall–Kier alpha value is -1.27. The van der Waals surface area contributed by atoms with Crippen LogP contribution >= 0.6 is 23.4 Å². The zero-order valence-corrected chi connectivity index (χ0v) is 17.3. The second kappa shape index (κ2) is 11.4. The molecule has 0 aliphatic carbocycles. The Morgan fingerprint density at radius 2 is 1.96 bits per heavy atom. The van der Waals surface area contributed by atoms with E-state index in [4.69, 9.17) is 16.3 Å². The summed E-state index contributed by atoms with van der Waals surface area (Å²) in [7, 11) is 0. The molecule has 7 heteroatoms. The van der Waals surface area contributed by atoms with E-state index >= 15 is 0 Å². The maximum Gasteiger partial charge on any atom is 0.319 e. The highest BCUT2D eigenvalue weighted by Gasteiger charge is 2.23. The molecular formula is C19H27ClFNO3S. The summed E-state index contributed by atoms with van der Waals surface area (Å²) < 4.78 is 19.4. The van der Waals surface area contributed by atoms with Crippen molar-refractivity contribution < 1.29 is 18.7 Å². The first-order valence-corrected chi connectivity index (χ1v) is 10.2. The van der Waals surface area contributed by atoms with Crippen molar-refractivity contribution in [1.82, 2.24) is 0 Å². The van der Waals surface area contributed by atoms with Crippen molar-refractivity contribution in [3.63, 3.8) is 0 Å². The highest BCUT2D eigenvalue weighted by Crippen LogP contribution is 2.36. The van der Waals surface area contributed by atoms with Gasteiger partial charge in [0.25, 0.3) is 0 Å². The molecule has 0 aliphatic rings. The number of nitrogens with one attached hydrogen (secondary N) is 1. The van der Waals surface area contributed by atoms with Gasteiger partial charge < -0.3 is 10.1 Å². The van der Waals surface area contributed by atoms with Crippen LogP contribution in [0.15, 0.2) is 17.0 Å². The van der Waals surface area contributed by atoms with E-state index in [0.29, 0.717) is 17.7 Å². The fraction of sp³-hybridized carbons (Fsp3) is 0.579. The van der Waals surface area contributed by atoms with E-state index in [9.17, 15) is 14.0 Å². The number of hydrogen-bond acceptors (Lipinski definition) is 4. The van der Waals surface area contributed by atoms with Crippen LogP contribution in [0.25, 0.3) is 0 Å². The first-order valence-electron chi connectivity index (χ1n) is 8.94. The van der Waals surface area contributed by atoms with E-state index in [0.717, 1.165) is 25.3 Å². The molecule has 4 nitrogen and oxygen atoms in total. The summed E-state index contributed by atoms with van der Waals surface area (Å²) in [6, 6.07) is 2.64. The molecule has 1 amide bonds. The Kier molecular flexibility index (Phi) is 10.0. The van der Waals surface area contributed by atoms with Crippen molar-refractivity contribution in [2.45, 2.75) is 76.0 Å². The molecule has 1 atom stereocenters. The van der Waals surface area contributed by atoms with Crippen molar-refractivity contribution in [3.05, 3.63) is 23.0 Å². The number of rotatable bonds is 10. The molecule has 1 N–H and O–H groups in total. The van der Waals surface area contributed by atoms with Crippen LogP contribution < -0.4 is 5.32 Å². The van der Waals surface area contributed by atoms with Gasteiger partial charge in [-0.3, -0.25) is 9.59 Å². The van der Waals surface area contributed by atoms with Gasteiger partial charge in [-0.2, -0.15) is 0 Å². The zero-order chi connectivity index (χ0) is 19.7. The molecule has 1 aromatic rings. The van der Waals surface area contributed by atoms with E-state index in [2.05, 4.69) is 12.2 Å². The maximum atomic E-state index is 14.1. The number of unbranched alkanes of at least 4 members (excludes halogenated alkanes) is 2. The van der Waals surface area contributed by atoms with Crippen LogP contribution in [0.1, 0.15) is 59.8 Å². The van der Waals surface area contributed by atoms with Gasteiger partial charge >= 0.3 is 5.97 Å². The molecule has 0 heterocycles. The summed E-state index contributed by atoms with van der Waals surface area (Å²) in [5.74, 6) is -1.17. The summed E-state index contributed by atoms with van der Waals surface area (Å²) in [6.07, 6.45) is 3.40. The molecule has 0 aliphatic heterocycles. The van der Waals surface area contributed by atoms with Gasteiger partial charge in [0.15, 0.2) is 0 Å². The minimum Gasteiger partial charge on any atom is -0.462 e. The normalized spacial score (nSPS) is 12.1. The number of carbonyl (C=O) groups is 2. The van der Waals surface area contributed by atoms with E-state index in [1.54, 1.807) is 13.8 Å². The van der Waals surface area contributed by atoms with Crippen molar-refractivity contribution in [2.75, 3.05) is 5.32 Å². The number of anilines is 1. The van der Waals surface area contributed by atoms with Crippen LogP contribution in [0.3, 0.4) is 0 Å². The van der Waals surface area contributed by atoms with Crippen LogP contribution in [0.5, 0.6) is 0 Å². The number of thioether (sulfide) groups is 1. The number of amides is 1. The first kappa shape index (κ1) is 22.8. The SMILES string of the molecule is CCCCCC(=O)Nc1cc(SC(CC)C(=O)OC(C)C)c(Cl)cc1F. The number of benzene rings is 1. The van der Waals surface area contributed by atoms with Gasteiger partial charge in [-0.05, 0) is 38.8 Å². The molecule has 0 bridgehead atoms. The van der Waals surface area contributed by atoms with Gasteiger partial charge in [-0.25, -0.2) is 4.39 Å². The molecule has 0 fully saturated rings. The largest absolute Gasteiger partial charge is 0.462 e. The highest BCUT2D eigenvalue weighted by atomic mass is 35.5. The molecule has 0 radical (unpaired) electrons. The Bertz CT molecular complexity index is 625. The monoisotopic (exact) mass is 403 g/mol. The third-order valence-corrected chi connectivity index (χ3v) is 5.38. The molecule has 1 rings (SSSR count). The first-order chi connectivity index (χ1) is 12.3. The van der Waals surface area contributed by atoms with Crippen molar-refractivity contribution in [2.24, 2.45) is 0 Å². The molecule has 0 aromatic heterocycles. The summed E-state index contributed by atoms with van der Waals surface area (Å²) in [5, 5.41) is 2.34. The average Bonchev–Trinajstić information content (AvgIpc) is 2.55. The third kappa shape index (κ3) is 7.54. The van der Waals surface area contributed by atoms with Crippen molar-refractivity contribution in [1.29, 1.82) is 0 Å². The molecule has 0 saturated carbocycles. The number of esters is 1. The summed E-state index contributed by atoms with van der Waals surface area (Å²) in [4.78, 5) is 24.6. The van der Waals surface area contributed by atoms with E-state index < -0.39 is 11.1 Å². The lowest BCUT2D eigenvalue weighted by molar-refractivity contribution is -0.146. The predicted octanol–water partition coefficient (Wildman–Crippen LogP) is 5.82. The Morgan fingerprint density at radius 1 is 1.27 bits per heavy atom. The Morgan fingerprint density at radius 3 is 2.54 bits per heavy atom. The lowest BCUT2D eigenvalue weighted by atomic mass is 10.2.